The summed E-state index contributed by atoms with van der Waals surface area (Å²) in [5, 5.41) is 3.40. The van der Waals surface area contributed by atoms with Crippen LogP contribution in [0.2, 0.25) is 5.02 Å². The molecule has 0 atom stereocenters. The van der Waals surface area contributed by atoms with E-state index in [4.69, 9.17) is 11.6 Å². The number of carbonyl (C=O) groups excluding carboxylic acids is 3. The van der Waals surface area contributed by atoms with Crippen LogP contribution >= 0.6 is 11.6 Å². The Morgan fingerprint density at radius 3 is 2.52 bits per heavy atom. The van der Waals surface area contributed by atoms with Crippen LogP contribution < -0.4 is 10.2 Å². The van der Waals surface area contributed by atoms with Crippen molar-refractivity contribution in [2.45, 2.75) is 19.9 Å². The molecule has 146 valence electrons. The van der Waals surface area contributed by atoms with E-state index in [1.165, 1.54) is 6.08 Å². The maximum absolute atomic E-state index is 13.1. The molecule has 6 nitrogen and oxygen atoms in total. The summed E-state index contributed by atoms with van der Waals surface area (Å²) in [5.41, 5.74) is 1.86. The molecule has 0 saturated carbocycles. The second kappa shape index (κ2) is 7.56. The zero-order chi connectivity index (χ0) is 20.5. The van der Waals surface area contributed by atoms with Crippen molar-refractivity contribution in [3.8, 4) is 0 Å². The van der Waals surface area contributed by atoms with Crippen molar-refractivity contribution in [1.82, 2.24) is 9.88 Å². The average Bonchev–Trinajstić information content (AvgIpc) is 3.04. The molecule has 0 aliphatic carbocycles. The molecule has 3 aromatic rings. The first-order valence-electron chi connectivity index (χ1n) is 9.25. The van der Waals surface area contributed by atoms with E-state index in [1.54, 1.807) is 24.3 Å². The Labute approximate surface area is 172 Å². The lowest BCUT2D eigenvalue weighted by Gasteiger charge is -2.26. The van der Waals surface area contributed by atoms with Crippen LogP contribution in [0.1, 0.15) is 18.9 Å². The Hall–Kier alpha value is -3.38. The molecule has 1 saturated heterocycles. The number of anilines is 1. The highest BCUT2D eigenvalue weighted by molar-refractivity contribution is 6.42. The van der Waals surface area contributed by atoms with Crippen molar-refractivity contribution in [2.75, 3.05) is 4.90 Å². The summed E-state index contributed by atoms with van der Waals surface area (Å²) in [4.78, 5) is 38.8. The number of aromatic nitrogens is 1. The molecule has 1 N–H and O–H groups in total. The number of nitrogens with one attached hydrogen (secondary N) is 1. The number of rotatable bonds is 4. The number of nitrogens with zero attached hydrogens (tertiary/aromatic N) is 2. The minimum Gasteiger partial charge on any atom is -0.347 e. The van der Waals surface area contributed by atoms with Gasteiger partial charge in [-0.15, -0.1) is 0 Å². The largest absolute Gasteiger partial charge is 0.347 e. The third kappa shape index (κ3) is 3.32. The zero-order valence-corrected chi connectivity index (χ0v) is 16.4. The highest BCUT2D eigenvalue weighted by atomic mass is 35.5. The van der Waals surface area contributed by atoms with Gasteiger partial charge in [-0.3, -0.25) is 14.9 Å². The van der Waals surface area contributed by atoms with Gasteiger partial charge in [0.05, 0.1) is 10.7 Å². The Morgan fingerprint density at radius 2 is 1.76 bits per heavy atom. The smallest absolute Gasteiger partial charge is 0.335 e. The van der Waals surface area contributed by atoms with Gasteiger partial charge in [0.2, 0.25) is 0 Å². The normalized spacial score (nSPS) is 16.0. The standard InChI is InChI=1S/C22H18ClN3O3/c1-2-11-25-13-14(15-7-3-5-9-18(15)25)12-16-20(27)24-22(29)26(21(16)28)19-10-6-4-8-17(19)23/h3-10,12-13H,2,11H2,1H3,(H,24,27,29)/b16-12+. The molecule has 0 bridgehead atoms. The highest BCUT2D eigenvalue weighted by Gasteiger charge is 2.37. The zero-order valence-electron chi connectivity index (χ0n) is 15.7. The molecule has 0 spiro atoms. The lowest BCUT2D eigenvalue weighted by molar-refractivity contribution is -0.122. The molecule has 1 aliphatic rings. The Balaban J connectivity index is 1.82. The third-order valence-corrected chi connectivity index (χ3v) is 5.10. The Morgan fingerprint density at radius 1 is 1.03 bits per heavy atom. The first-order chi connectivity index (χ1) is 14.0. The van der Waals surface area contributed by atoms with Crippen molar-refractivity contribution in [3.05, 3.63) is 70.9 Å². The number of imide groups is 2. The van der Waals surface area contributed by atoms with Gasteiger partial charge in [0.25, 0.3) is 11.8 Å². The number of carbonyl (C=O) groups is 3. The highest BCUT2D eigenvalue weighted by Crippen LogP contribution is 2.30. The van der Waals surface area contributed by atoms with E-state index in [-0.39, 0.29) is 16.3 Å². The molecule has 0 radical (unpaired) electrons. The van der Waals surface area contributed by atoms with Crippen LogP contribution in [-0.4, -0.2) is 22.4 Å². The first kappa shape index (κ1) is 19.0. The average molecular weight is 408 g/mol. The van der Waals surface area contributed by atoms with E-state index in [2.05, 4.69) is 16.8 Å². The number of benzene rings is 2. The molecule has 1 fully saturated rings. The number of aryl methyl sites for hydroxylation is 1. The maximum Gasteiger partial charge on any atom is 0.335 e. The summed E-state index contributed by atoms with van der Waals surface area (Å²) in [6.45, 7) is 2.90. The van der Waals surface area contributed by atoms with E-state index in [9.17, 15) is 14.4 Å². The van der Waals surface area contributed by atoms with Crippen molar-refractivity contribution in [1.29, 1.82) is 0 Å². The van der Waals surface area contributed by atoms with Gasteiger partial charge >= 0.3 is 6.03 Å². The molecule has 2 aromatic carbocycles. The SMILES string of the molecule is CCCn1cc(/C=C2\C(=O)NC(=O)N(c3ccccc3Cl)C2=O)c2ccccc21. The summed E-state index contributed by atoms with van der Waals surface area (Å²) >= 11 is 6.17. The molecule has 2 heterocycles. The molecule has 7 heteroatoms. The number of barbiturate groups is 1. The first-order valence-corrected chi connectivity index (χ1v) is 9.63. The van der Waals surface area contributed by atoms with Gasteiger partial charge in [0.1, 0.15) is 5.57 Å². The number of amides is 4. The van der Waals surface area contributed by atoms with Gasteiger partial charge in [-0.25, -0.2) is 9.69 Å². The predicted molar refractivity (Wildman–Crippen MR) is 113 cm³/mol. The fraction of sp³-hybridized carbons (Fsp3) is 0.136. The summed E-state index contributed by atoms with van der Waals surface area (Å²) < 4.78 is 2.09. The van der Waals surface area contributed by atoms with Gasteiger partial charge < -0.3 is 4.57 Å². The monoisotopic (exact) mass is 407 g/mol. The van der Waals surface area contributed by atoms with Crippen LogP contribution in [0.25, 0.3) is 17.0 Å². The van der Waals surface area contributed by atoms with E-state index in [1.807, 2.05) is 30.5 Å². The summed E-state index contributed by atoms with van der Waals surface area (Å²) in [6.07, 6.45) is 4.39. The Kier molecular flexibility index (Phi) is 4.94. The summed E-state index contributed by atoms with van der Waals surface area (Å²) in [5.74, 6) is -1.44. The molecular formula is C22H18ClN3O3. The van der Waals surface area contributed by atoms with Crippen LogP contribution in [0.3, 0.4) is 0 Å². The van der Waals surface area contributed by atoms with Gasteiger partial charge in [0.15, 0.2) is 0 Å². The Bertz CT molecular complexity index is 1180. The van der Waals surface area contributed by atoms with Crippen LogP contribution in [0, 0.1) is 0 Å². The quantitative estimate of drug-likeness (QED) is 0.515. The van der Waals surface area contributed by atoms with E-state index in [0.717, 1.165) is 34.3 Å². The molecule has 29 heavy (non-hydrogen) atoms. The molecule has 1 aromatic heterocycles. The van der Waals surface area contributed by atoms with Crippen LogP contribution in [0.5, 0.6) is 0 Å². The molecular weight excluding hydrogens is 390 g/mol. The summed E-state index contributed by atoms with van der Waals surface area (Å²) in [7, 11) is 0. The second-order valence-electron chi connectivity index (χ2n) is 6.70. The van der Waals surface area contributed by atoms with Crippen LogP contribution in [-0.2, 0) is 16.1 Å². The van der Waals surface area contributed by atoms with E-state index in [0.29, 0.717) is 0 Å². The van der Waals surface area contributed by atoms with Gasteiger partial charge in [-0.05, 0) is 30.7 Å². The van der Waals surface area contributed by atoms with Crippen molar-refractivity contribution in [3.63, 3.8) is 0 Å². The number of hydrogen-bond donors (Lipinski definition) is 1. The lowest BCUT2D eigenvalue weighted by atomic mass is 10.1. The minimum atomic E-state index is -0.821. The molecule has 4 rings (SSSR count). The van der Waals surface area contributed by atoms with Crippen molar-refractivity contribution < 1.29 is 14.4 Å². The van der Waals surface area contributed by atoms with Crippen LogP contribution in [0.15, 0.2) is 60.3 Å². The van der Waals surface area contributed by atoms with Crippen LogP contribution in [0.4, 0.5) is 10.5 Å². The topological polar surface area (TPSA) is 71.4 Å². The number of halogens is 1. The number of urea groups is 1. The van der Waals surface area contributed by atoms with E-state index >= 15 is 0 Å². The van der Waals surface area contributed by atoms with Crippen molar-refractivity contribution in [2.24, 2.45) is 0 Å². The fourth-order valence-corrected chi connectivity index (χ4v) is 3.70. The minimum absolute atomic E-state index is 0.121. The maximum atomic E-state index is 13.1. The predicted octanol–water partition coefficient (Wildman–Crippen LogP) is 4.37. The van der Waals surface area contributed by atoms with Gasteiger partial charge in [-0.1, -0.05) is 48.9 Å². The number of hydrogen-bond acceptors (Lipinski definition) is 3. The van der Waals surface area contributed by atoms with Gasteiger partial charge in [-0.2, -0.15) is 0 Å². The lowest BCUT2D eigenvalue weighted by Crippen LogP contribution is -2.54. The number of fused-ring (bicyclic) bond motifs is 1. The second-order valence-corrected chi connectivity index (χ2v) is 7.11. The van der Waals surface area contributed by atoms with E-state index < -0.39 is 17.8 Å². The molecule has 4 amide bonds. The fourth-order valence-electron chi connectivity index (χ4n) is 3.48. The summed E-state index contributed by atoms with van der Waals surface area (Å²) in [6, 6.07) is 13.5. The molecule has 0 unspecified atom stereocenters. The van der Waals surface area contributed by atoms with Crippen molar-refractivity contribution >= 4 is 52.1 Å². The molecule has 1 aliphatic heterocycles. The third-order valence-electron chi connectivity index (χ3n) is 4.78. The number of para-hydroxylation sites is 2. The van der Waals surface area contributed by atoms with Gasteiger partial charge in [0, 0.05) is 29.2 Å².